The number of hydrogen-bond acceptors (Lipinski definition) is 2. The molecule has 1 aliphatic rings. The first-order valence-electron chi connectivity index (χ1n) is 6.83. The van der Waals surface area contributed by atoms with E-state index in [9.17, 15) is 4.79 Å². The van der Waals surface area contributed by atoms with Gasteiger partial charge in [-0.2, -0.15) is 11.8 Å². The highest BCUT2D eigenvalue weighted by molar-refractivity contribution is 8.00. The Morgan fingerprint density at radius 1 is 1.31 bits per heavy atom. The van der Waals surface area contributed by atoms with E-state index >= 15 is 0 Å². The van der Waals surface area contributed by atoms with Crippen LogP contribution >= 0.6 is 11.8 Å². The van der Waals surface area contributed by atoms with Gasteiger partial charge in [-0.05, 0) is 25.2 Å². The maximum atomic E-state index is 12.2. The second-order valence-electron chi connectivity index (χ2n) is 5.06. The van der Waals surface area contributed by atoms with Crippen molar-refractivity contribution in [3.05, 3.63) is 0 Å². The minimum absolute atomic E-state index is 0.385. The quantitative estimate of drug-likeness (QED) is 0.690. The third-order valence-electron chi connectivity index (χ3n) is 3.93. The van der Waals surface area contributed by atoms with E-state index in [0.29, 0.717) is 22.9 Å². The van der Waals surface area contributed by atoms with Crippen molar-refractivity contribution in [2.24, 2.45) is 11.8 Å². The fourth-order valence-corrected chi connectivity index (χ4v) is 3.47. The van der Waals surface area contributed by atoms with E-state index < -0.39 is 0 Å². The molecule has 94 valence electrons. The number of hydrogen-bond donors (Lipinski definition) is 0. The van der Waals surface area contributed by atoms with Gasteiger partial charge in [0.2, 0.25) is 0 Å². The SMILES string of the molecule is CCC(C)SCC(=O)C1CCCCC1CC. The van der Waals surface area contributed by atoms with Crippen molar-refractivity contribution in [2.45, 2.75) is 64.5 Å². The Morgan fingerprint density at radius 2 is 2.00 bits per heavy atom. The average molecular weight is 242 g/mol. The van der Waals surface area contributed by atoms with E-state index in [0.717, 1.165) is 12.2 Å². The summed E-state index contributed by atoms with van der Waals surface area (Å²) in [6, 6.07) is 0. The average Bonchev–Trinajstić information content (AvgIpc) is 2.35. The fraction of sp³-hybridized carbons (Fsp3) is 0.929. The van der Waals surface area contributed by atoms with Gasteiger partial charge in [-0.1, -0.05) is 40.0 Å². The van der Waals surface area contributed by atoms with Crippen molar-refractivity contribution >= 4 is 17.5 Å². The zero-order chi connectivity index (χ0) is 12.0. The Hall–Kier alpha value is 0.0200. The lowest BCUT2D eigenvalue weighted by atomic mass is 9.76. The van der Waals surface area contributed by atoms with Gasteiger partial charge in [0, 0.05) is 11.2 Å². The molecule has 3 unspecified atom stereocenters. The summed E-state index contributed by atoms with van der Waals surface area (Å²) < 4.78 is 0. The molecule has 0 radical (unpaired) electrons. The molecule has 0 aliphatic heterocycles. The molecule has 1 nitrogen and oxygen atoms in total. The van der Waals surface area contributed by atoms with Crippen molar-refractivity contribution in [1.29, 1.82) is 0 Å². The molecular weight excluding hydrogens is 216 g/mol. The van der Waals surface area contributed by atoms with Crippen LogP contribution in [-0.4, -0.2) is 16.8 Å². The molecule has 0 spiro atoms. The molecule has 0 heterocycles. The van der Waals surface area contributed by atoms with Gasteiger partial charge in [-0.25, -0.2) is 0 Å². The van der Waals surface area contributed by atoms with Crippen molar-refractivity contribution in [3.8, 4) is 0 Å². The van der Waals surface area contributed by atoms with Gasteiger partial charge in [-0.3, -0.25) is 4.79 Å². The van der Waals surface area contributed by atoms with Crippen molar-refractivity contribution in [1.82, 2.24) is 0 Å². The van der Waals surface area contributed by atoms with E-state index in [4.69, 9.17) is 0 Å². The lowest BCUT2D eigenvalue weighted by Gasteiger charge is -2.29. The van der Waals surface area contributed by atoms with E-state index in [1.807, 2.05) is 11.8 Å². The van der Waals surface area contributed by atoms with Crippen LogP contribution < -0.4 is 0 Å². The van der Waals surface area contributed by atoms with Crippen LogP contribution in [0.25, 0.3) is 0 Å². The highest BCUT2D eigenvalue weighted by Gasteiger charge is 2.29. The van der Waals surface area contributed by atoms with Gasteiger partial charge < -0.3 is 0 Å². The number of thioether (sulfide) groups is 1. The van der Waals surface area contributed by atoms with Crippen LogP contribution in [0, 0.1) is 11.8 Å². The van der Waals surface area contributed by atoms with Crippen molar-refractivity contribution < 1.29 is 4.79 Å². The molecular formula is C14H26OS. The van der Waals surface area contributed by atoms with Gasteiger partial charge in [0.15, 0.2) is 0 Å². The molecule has 16 heavy (non-hydrogen) atoms. The van der Waals surface area contributed by atoms with Gasteiger partial charge >= 0.3 is 0 Å². The summed E-state index contributed by atoms with van der Waals surface area (Å²) in [6.07, 6.45) is 7.38. The minimum Gasteiger partial charge on any atom is -0.298 e. The van der Waals surface area contributed by atoms with E-state index in [-0.39, 0.29) is 0 Å². The summed E-state index contributed by atoms with van der Waals surface area (Å²) in [7, 11) is 0. The summed E-state index contributed by atoms with van der Waals surface area (Å²) in [5, 5.41) is 0.632. The van der Waals surface area contributed by atoms with E-state index in [1.165, 1.54) is 32.1 Å². The molecule has 1 fully saturated rings. The Morgan fingerprint density at radius 3 is 2.62 bits per heavy atom. The molecule has 0 aromatic rings. The number of Topliss-reactive ketones (excluding diaryl/α,β-unsaturated/α-hetero) is 1. The minimum atomic E-state index is 0.385. The van der Waals surface area contributed by atoms with Crippen LogP contribution in [0.5, 0.6) is 0 Å². The standard InChI is InChI=1S/C14H26OS/c1-4-11(3)16-10-14(15)13-9-7-6-8-12(13)5-2/h11-13H,4-10H2,1-3H3. The summed E-state index contributed by atoms with van der Waals surface area (Å²) >= 11 is 1.84. The van der Waals surface area contributed by atoms with Gasteiger partial charge in [0.05, 0.1) is 5.75 Å². The fourth-order valence-electron chi connectivity index (χ4n) is 2.57. The third kappa shape index (κ3) is 4.12. The molecule has 0 aromatic heterocycles. The lowest BCUT2D eigenvalue weighted by Crippen LogP contribution is -2.28. The molecule has 1 rings (SSSR count). The first-order chi connectivity index (χ1) is 7.69. The topological polar surface area (TPSA) is 17.1 Å². The Balaban J connectivity index is 2.38. The number of carbonyl (C=O) groups is 1. The summed E-state index contributed by atoms with van der Waals surface area (Å²) in [5.74, 6) is 2.34. The van der Waals surface area contributed by atoms with Crippen molar-refractivity contribution in [3.63, 3.8) is 0 Å². The molecule has 0 amide bonds. The van der Waals surface area contributed by atoms with Crippen LogP contribution in [0.2, 0.25) is 0 Å². The summed E-state index contributed by atoms with van der Waals surface area (Å²) in [6.45, 7) is 6.64. The molecule has 0 saturated heterocycles. The monoisotopic (exact) mass is 242 g/mol. The maximum Gasteiger partial charge on any atom is 0.146 e. The predicted octanol–water partition coefficient (Wildman–Crippen LogP) is 4.30. The summed E-state index contributed by atoms with van der Waals surface area (Å²) in [4.78, 5) is 12.2. The summed E-state index contributed by atoms with van der Waals surface area (Å²) in [5.41, 5.74) is 0. The van der Waals surface area contributed by atoms with Gasteiger partial charge in [-0.15, -0.1) is 0 Å². The molecule has 3 atom stereocenters. The van der Waals surface area contributed by atoms with Crippen LogP contribution in [-0.2, 0) is 4.79 Å². The van der Waals surface area contributed by atoms with E-state index in [2.05, 4.69) is 20.8 Å². The molecule has 0 bridgehead atoms. The van der Waals surface area contributed by atoms with Crippen molar-refractivity contribution in [2.75, 3.05) is 5.75 Å². The number of rotatable bonds is 6. The van der Waals surface area contributed by atoms with Crippen LogP contribution in [0.1, 0.15) is 59.3 Å². The van der Waals surface area contributed by atoms with Gasteiger partial charge in [0.25, 0.3) is 0 Å². The smallest absolute Gasteiger partial charge is 0.146 e. The molecule has 0 N–H and O–H groups in total. The lowest BCUT2D eigenvalue weighted by molar-refractivity contribution is -0.123. The third-order valence-corrected chi connectivity index (χ3v) is 5.29. The van der Waals surface area contributed by atoms with E-state index in [1.54, 1.807) is 0 Å². The maximum absolute atomic E-state index is 12.2. The van der Waals surface area contributed by atoms with Crippen LogP contribution in [0.15, 0.2) is 0 Å². The zero-order valence-electron chi connectivity index (χ0n) is 11.0. The highest BCUT2D eigenvalue weighted by Crippen LogP contribution is 2.33. The molecule has 1 saturated carbocycles. The largest absolute Gasteiger partial charge is 0.298 e. The normalized spacial score (nSPS) is 27.7. The zero-order valence-corrected chi connectivity index (χ0v) is 11.8. The molecule has 2 heteroatoms. The highest BCUT2D eigenvalue weighted by atomic mass is 32.2. The first-order valence-corrected chi connectivity index (χ1v) is 7.88. The Bertz CT molecular complexity index is 215. The second-order valence-corrected chi connectivity index (χ2v) is 6.48. The number of ketones is 1. The molecule has 0 aromatic carbocycles. The predicted molar refractivity (Wildman–Crippen MR) is 73.0 cm³/mol. The Kier molecular flexibility index (Phi) is 6.48. The number of carbonyl (C=O) groups excluding carboxylic acids is 1. The van der Waals surface area contributed by atoms with Gasteiger partial charge in [0.1, 0.15) is 5.78 Å². The van der Waals surface area contributed by atoms with Crippen LogP contribution in [0.3, 0.4) is 0 Å². The van der Waals surface area contributed by atoms with Crippen LogP contribution in [0.4, 0.5) is 0 Å². The molecule has 1 aliphatic carbocycles. The first kappa shape index (κ1) is 14.1. The second kappa shape index (κ2) is 7.37. The Labute approximate surface area is 105 Å².